The highest BCUT2D eigenvalue weighted by Crippen LogP contribution is 2.12. The van der Waals surface area contributed by atoms with Crippen LogP contribution < -0.4 is 4.74 Å². The highest BCUT2D eigenvalue weighted by molar-refractivity contribution is 5.96. The molecule has 1 rings (SSSR count). The molecule has 0 amide bonds. The molecule has 1 aromatic heterocycles. The molecule has 94 valence electrons. The quantitative estimate of drug-likeness (QED) is 0.492. The van der Waals surface area contributed by atoms with Crippen LogP contribution in [0.2, 0.25) is 0 Å². The molecule has 0 atom stereocenters. The molecule has 0 saturated carbocycles. The second kappa shape index (κ2) is 7.70. The van der Waals surface area contributed by atoms with Crippen LogP contribution in [-0.4, -0.2) is 49.8 Å². The average Bonchev–Trinajstić information content (AvgIpc) is 2.38. The van der Waals surface area contributed by atoms with Crippen LogP contribution in [0.3, 0.4) is 0 Å². The predicted octanol–water partition coefficient (Wildman–Crippen LogP) is 0.721. The summed E-state index contributed by atoms with van der Waals surface area (Å²) in [5.74, 6) is 0.0989. The largest absolute Gasteiger partial charge is 0.479 e. The van der Waals surface area contributed by atoms with Crippen LogP contribution in [0.15, 0.2) is 12.4 Å². The van der Waals surface area contributed by atoms with Crippen molar-refractivity contribution in [1.29, 1.82) is 0 Å². The summed E-state index contributed by atoms with van der Waals surface area (Å²) in [4.78, 5) is 19.6. The topological polar surface area (TPSA) is 70.5 Å². The minimum atomic E-state index is -0.146. The maximum atomic E-state index is 11.8. The van der Waals surface area contributed by atoms with Crippen molar-refractivity contribution in [2.45, 2.75) is 6.42 Å². The molecule has 0 fully saturated rings. The monoisotopic (exact) mass is 240 g/mol. The highest BCUT2D eigenvalue weighted by Gasteiger charge is 2.14. The molecule has 1 heterocycles. The standard InChI is InChI=1S/C11H16N2O4/c1-15-7-8-17-6-3-9(14)10-11(16-2)13-5-4-12-10/h4-5H,3,6-8H2,1-2H3. The third-order valence-corrected chi connectivity index (χ3v) is 2.03. The van der Waals surface area contributed by atoms with Crippen LogP contribution in [0.4, 0.5) is 0 Å². The van der Waals surface area contributed by atoms with E-state index >= 15 is 0 Å². The fraction of sp³-hybridized carbons (Fsp3) is 0.545. The lowest BCUT2D eigenvalue weighted by Gasteiger charge is -2.05. The third kappa shape index (κ3) is 4.46. The molecule has 1 aromatic rings. The Morgan fingerprint density at radius 1 is 1.18 bits per heavy atom. The Morgan fingerprint density at radius 3 is 2.65 bits per heavy atom. The Balaban J connectivity index is 2.41. The molecule has 17 heavy (non-hydrogen) atoms. The lowest BCUT2D eigenvalue weighted by atomic mass is 10.2. The summed E-state index contributed by atoms with van der Waals surface area (Å²) in [6.45, 7) is 1.33. The average molecular weight is 240 g/mol. The van der Waals surface area contributed by atoms with E-state index in [0.717, 1.165) is 0 Å². The molecule has 0 aliphatic carbocycles. The van der Waals surface area contributed by atoms with Crippen LogP contribution in [0, 0.1) is 0 Å². The molecule has 6 heteroatoms. The molecule has 6 nitrogen and oxygen atoms in total. The van der Waals surface area contributed by atoms with Crippen molar-refractivity contribution in [3.63, 3.8) is 0 Å². The van der Waals surface area contributed by atoms with Crippen LogP contribution >= 0.6 is 0 Å². The van der Waals surface area contributed by atoms with Gasteiger partial charge in [-0.1, -0.05) is 0 Å². The number of carbonyl (C=O) groups is 1. The second-order valence-electron chi connectivity index (χ2n) is 3.19. The Morgan fingerprint density at radius 2 is 1.94 bits per heavy atom. The van der Waals surface area contributed by atoms with Crippen LogP contribution in [0.1, 0.15) is 16.9 Å². The molecule has 0 radical (unpaired) electrons. The second-order valence-corrected chi connectivity index (χ2v) is 3.19. The molecule has 0 unspecified atom stereocenters. The van der Waals surface area contributed by atoms with Gasteiger partial charge in [-0.3, -0.25) is 4.79 Å². The van der Waals surface area contributed by atoms with Gasteiger partial charge in [0.1, 0.15) is 0 Å². The Labute approximate surface area is 99.9 Å². The molecule has 0 saturated heterocycles. The van der Waals surface area contributed by atoms with E-state index in [1.807, 2.05) is 0 Å². The van der Waals surface area contributed by atoms with Gasteiger partial charge < -0.3 is 14.2 Å². The number of methoxy groups -OCH3 is 2. The van der Waals surface area contributed by atoms with Crippen LogP contribution in [-0.2, 0) is 9.47 Å². The van der Waals surface area contributed by atoms with E-state index in [2.05, 4.69) is 9.97 Å². The molecule has 0 spiro atoms. The number of rotatable bonds is 8. The van der Waals surface area contributed by atoms with Gasteiger partial charge in [-0.25, -0.2) is 9.97 Å². The first-order valence-corrected chi connectivity index (χ1v) is 5.24. The minimum absolute atomic E-state index is 0.146. The number of aromatic nitrogens is 2. The fourth-order valence-corrected chi connectivity index (χ4v) is 1.19. The molecule has 0 N–H and O–H groups in total. The molecular formula is C11H16N2O4. The molecular weight excluding hydrogens is 224 g/mol. The Bertz CT molecular complexity index is 357. The first-order chi connectivity index (χ1) is 8.29. The molecule has 0 aromatic carbocycles. The zero-order valence-electron chi connectivity index (χ0n) is 10.0. The van der Waals surface area contributed by atoms with Gasteiger partial charge in [-0.2, -0.15) is 0 Å². The summed E-state index contributed by atoms with van der Waals surface area (Å²) in [6, 6.07) is 0. The summed E-state index contributed by atoms with van der Waals surface area (Å²) < 4.78 is 15.0. The molecule has 0 bridgehead atoms. The van der Waals surface area contributed by atoms with Gasteiger partial charge in [0.2, 0.25) is 5.88 Å². The maximum Gasteiger partial charge on any atom is 0.243 e. The maximum absolute atomic E-state index is 11.8. The number of ether oxygens (including phenoxy) is 3. The number of Topliss-reactive ketones (excluding diaryl/α,β-unsaturated/α-hetero) is 1. The summed E-state index contributed by atoms with van der Waals surface area (Å²) in [6.07, 6.45) is 3.19. The van der Waals surface area contributed by atoms with Crippen molar-refractivity contribution in [2.24, 2.45) is 0 Å². The van der Waals surface area contributed by atoms with Gasteiger partial charge in [-0.05, 0) is 0 Å². The zero-order valence-corrected chi connectivity index (χ0v) is 10.0. The van der Waals surface area contributed by atoms with Gasteiger partial charge in [-0.15, -0.1) is 0 Å². The van der Waals surface area contributed by atoms with E-state index < -0.39 is 0 Å². The number of ketones is 1. The number of hydrogen-bond acceptors (Lipinski definition) is 6. The predicted molar refractivity (Wildman–Crippen MR) is 60.2 cm³/mol. The van der Waals surface area contributed by atoms with E-state index in [0.29, 0.717) is 19.8 Å². The van der Waals surface area contributed by atoms with Crippen molar-refractivity contribution in [3.8, 4) is 5.88 Å². The minimum Gasteiger partial charge on any atom is -0.479 e. The molecule has 0 aliphatic heterocycles. The summed E-state index contributed by atoms with van der Waals surface area (Å²) >= 11 is 0. The summed E-state index contributed by atoms with van der Waals surface area (Å²) in [5, 5.41) is 0. The van der Waals surface area contributed by atoms with Crippen molar-refractivity contribution in [1.82, 2.24) is 9.97 Å². The summed E-state index contributed by atoms with van der Waals surface area (Å²) in [5.41, 5.74) is 0.241. The van der Waals surface area contributed by atoms with Gasteiger partial charge >= 0.3 is 0 Å². The summed E-state index contributed by atoms with van der Waals surface area (Å²) in [7, 11) is 3.05. The van der Waals surface area contributed by atoms with E-state index in [1.54, 1.807) is 7.11 Å². The van der Waals surface area contributed by atoms with Crippen LogP contribution in [0.5, 0.6) is 5.88 Å². The van der Waals surface area contributed by atoms with Gasteiger partial charge in [0.15, 0.2) is 11.5 Å². The van der Waals surface area contributed by atoms with E-state index in [-0.39, 0.29) is 23.8 Å². The number of nitrogens with zero attached hydrogens (tertiary/aromatic N) is 2. The first kappa shape index (κ1) is 13.5. The highest BCUT2D eigenvalue weighted by atomic mass is 16.5. The number of carbonyl (C=O) groups excluding carboxylic acids is 1. The normalized spacial score (nSPS) is 10.2. The lowest BCUT2D eigenvalue weighted by molar-refractivity contribution is 0.0638. The van der Waals surface area contributed by atoms with Gasteiger partial charge in [0.05, 0.1) is 26.9 Å². The van der Waals surface area contributed by atoms with Crippen molar-refractivity contribution in [2.75, 3.05) is 34.0 Å². The van der Waals surface area contributed by atoms with Crippen molar-refractivity contribution >= 4 is 5.78 Å². The lowest BCUT2D eigenvalue weighted by Crippen LogP contribution is -2.11. The van der Waals surface area contributed by atoms with E-state index in [1.165, 1.54) is 19.5 Å². The smallest absolute Gasteiger partial charge is 0.243 e. The van der Waals surface area contributed by atoms with Crippen LogP contribution in [0.25, 0.3) is 0 Å². The van der Waals surface area contributed by atoms with Gasteiger partial charge in [0, 0.05) is 25.9 Å². The fourth-order valence-electron chi connectivity index (χ4n) is 1.19. The first-order valence-electron chi connectivity index (χ1n) is 5.24. The third-order valence-electron chi connectivity index (χ3n) is 2.03. The SMILES string of the molecule is COCCOCCC(=O)c1nccnc1OC. The van der Waals surface area contributed by atoms with Gasteiger partial charge in [0.25, 0.3) is 0 Å². The van der Waals surface area contributed by atoms with E-state index in [9.17, 15) is 4.79 Å². The Kier molecular flexibility index (Phi) is 6.13. The van der Waals surface area contributed by atoms with E-state index in [4.69, 9.17) is 14.2 Å². The number of hydrogen-bond donors (Lipinski definition) is 0. The van der Waals surface area contributed by atoms with Crippen molar-refractivity contribution < 1.29 is 19.0 Å². The zero-order chi connectivity index (χ0) is 12.5. The Hall–Kier alpha value is -1.53. The molecule has 0 aliphatic rings. The van der Waals surface area contributed by atoms with Crippen molar-refractivity contribution in [3.05, 3.63) is 18.1 Å².